The molecule has 3 aromatic rings. The van der Waals surface area contributed by atoms with Crippen LogP contribution in [0, 0.1) is 11.3 Å². The Bertz CT molecular complexity index is 1310. The van der Waals surface area contributed by atoms with E-state index in [-0.39, 0.29) is 33.5 Å². The quantitative estimate of drug-likeness (QED) is 0.493. The fraction of sp³-hybridized carbons (Fsp3) is 0.100. The van der Waals surface area contributed by atoms with Crippen LogP contribution in [0.5, 0.6) is 5.75 Å². The third-order valence-corrected chi connectivity index (χ3v) is 5.20. The van der Waals surface area contributed by atoms with E-state index < -0.39 is 9.84 Å². The molecule has 0 aromatic heterocycles. The highest BCUT2D eigenvalue weighted by Gasteiger charge is 2.13. The molecule has 0 atom stereocenters. The number of hydrogen-bond donors (Lipinski definition) is 2. The number of rotatable bonds is 4. The van der Waals surface area contributed by atoms with Gasteiger partial charge in [0, 0.05) is 24.0 Å². The van der Waals surface area contributed by atoms with Gasteiger partial charge in [-0.3, -0.25) is 4.79 Å². The maximum atomic E-state index is 11.7. The molecule has 0 unspecified atom stereocenters. The van der Waals surface area contributed by atoms with Crippen molar-refractivity contribution in [2.75, 3.05) is 11.6 Å². The molecule has 146 valence electrons. The second-order valence-corrected chi connectivity index (χ2v) is 8.30. The maximum Gasteiger partial charge on any atom is 0.221 e. The zero-order valence-corrected chi connectivity index (χ0v) is 16.4. The summed E-state index contributed by atoms with van der Waals surface area (Å²) in [6, 6.07) is 14.3. The fourth-order valence-electron chi connectivity index (χ4n) is 2.74. The zero-order valence-electron chi connectivity index (χ0n) is 15.5. The van der Waals surface area contributed by atoms with Gasteiger partial charge >= 0.3 is 0 Å². The number of carbonyl (C=O) groups is 1. The largest absolute Gasteiger partial charge is 0.505 e. The van der Waals surface area contributed by atoms with Gasteiger partial charge in [0.25, 0.3) is 0 Å². The first-order chi connectivity index (χ1) is 13.7. The first-order valence-electron chi connectivity index (χ1n) is 8.39. The highest BCUT2D eigenvalue weighted by atomic mass is 32.2. The van der Waals surface area contributed by atoms with Crippen LogP contribution in [0.3, 0.4) is 0 Å². The molecular weight excluding hydrogens is 392 g/mol. The molecule has 0 aliphatic rings. The lowest BCUT2D eigenvalue weighted by atomic mass is 10.1. The smallest absolute Gasteiger partial charge is 0.221 e. The molecule has 0 saturated carbocycles. The lowest BCUT2D eigenvalue weighted by Crippen LogP contribution is -2.05. The Balaban J connectivity index is 2.13. The molecule has 0 saturated heterocycles. The van der Waals surface area contributed by atoms with Gasteiger partial charge in [0.2, 0.25) is 5.91 Å². The predicted molar refractivity (Wildman–Crippen MR) is 108 cm³/mol. The second-order valence-electron chi connectivity index (χ2n) is 6.28. The highest BCUT2D eigenvalue weighted by molar-refractivity contribution is 7.90. The number of amides is 1. The molecule has 2 N–H and O–H groups in total. The minimum Gasteiger partial charge on any atom is -0.505 e. The summed E-state index contributed by atoms with van der Waals surface area (Å²) >= 11 is 0. The number of anilines is 1. The fourth-order valence-corrected chi connectivity index (χ4v) is 3.39. The molecule has 0 spiro atoms. The van der Waals surface area contributed by atoms with Gasteiger partial charge in [-0.1, -0.05) is 24.3 Å². The van der Waals surface area contributed by atoms with Crippen molar-refractivity contribution in [2.45, 2.75) is 11.8 Å². The Labute approximate surface area is 167 Å². The van der Waals surface area contributed by atoms with Crippen molar-refractivity contribution < 1.29 is 18.3 Å². The summed E-state index contributed by atoms with van der Waals surface area (Å²) in [5.41, 5.74) is 0.788. The summed E-state index contributed by atoms with van der Waals surface area (Å²) < 4.78 is 23.3. The first kappa shape index (κ1) is 20.0. The molecule has 0 aliphatic carbocycles. The Morgan fingerprint density at radius 3 is 2.34 bits per heavy atom. The van der Waals surface area contributed by atoms with Crippen LogP contribution in [0.25, 0.3) is 10.8 Å². The van der Waals surface area contributed by atoms with Crippen molar-refractivity contribution in [1.29, 1.82) is 5.26 Å². The minimum absolute atomic E-state index is 0.0102. The normalized spacial score (nSPS) is 11.5. The molecule has 29 heavy (non-hydrogen) atoms. The van der Waals surface area contributed by atoms with E-state index in [1.54, 1.807) is 24.3 Å². The van der Waals surface area contributed by atoms with Gasteiger partial charge in [0.1, 0.15) is 17.5 Å². The topological polar surface area (TPSA) is 132 Å². The highest BCUT2D eigenvalue weighted by Crippen LogP contribution is 2.40. The number of aromatic hydroxyl groups is 1. The number of phenols is 1. The van der Waals surface area contributed by atoms with Crippen LogP contribution in [0.15, 0.2) is 63.7 Å². The van der Waals surface area contributed by atoms with E-state index >= 15 is 0 Å². The summed E-state index contributed by atoms with van der Waals surface area (Å²) in [5, 5.41) is 31.6. The second kappa shape index (κ2) is 7.69. The summed E-state index contributed by atoms with van der Waals surface area (Å²) in [7, 11) is -3.46. The van der Waals surface area contributed by atoms with Crippen molar-refractivity contribution in [3.63, 3.8) is 0 Å². The van der Waals surface area contributed by atoms with Crippen LogP contribution < -0.4 is 5.32 Å². The summed E-state index contributed by atoms with van der Waals surface area (Å²) in [4.78, 5) is 11.4. The molecule has 0 bridgehead atoms. The zero-order chi connectivity index (χ0) is 21.2. The van der Waals surface area contributed by atoms with Crippen LogP contribution in [0.1, 0.15) is 12.5 Å². The number of azo groups is 1. The van der Waals surface area contributed by atoms with Gasteiger partial charge < -0.3 is 10.4 Å². The molecule has 0 aliphatic heterocycles. The Morgan fingerprint density at radius 1 is 1.07 bits per heavy atom. The van der Waals surface area contributed by atoms with Gasteiger partial charge in [-0.25, -0.2) is 8.42 Å². The number of nitrogens with one attached hydrogen (secondary N) is 1. The van der Waals surface area contributed by atoms with Gasteiger partial charge in [-0.15, -0.1) is 10.2 Å². The van der Waals surface area contributed by atoms with Crippen LogP contribution in [-0.2, 0) is 14.6 Å². The lowest BCUT2D eigenvalue weighted by Gasteiger charge is -2.10. The van der Waals surface area contributed by atoms with Crippen molar-refractivity contribution >= 4 is 43.6 Å². The molecular formula is C20H16N4O4S. The van der Waals surface area contributed by atoms with Crippen molar-refractivity contribution in [3.05, 3.63) is 54.1 Å². The number of nitrogens with zero attached hydrogens (tertiary/aromatic N) is 3. The van der Waals surface area contributed by atoms with Crippen molar-refractivity contribution in [1.82, 2.24) is 0 Å². The van der Waals surface area contributed by atoms with Gasteiger partial charge in [-0.2, -0.15) is 5.26 Å². The van der Waals surface area contributed by atoms with E-state index in [4.69, 9.17) is 0 Å². The number of sulfone groups is 1. The molecule has 8 nitrogen and oxygen atoms in total. The van der Waals surface area contributed by atoms with Crippen LogP contribution in [-0.4, -0.2) is 25.7 Å². The number of carbonyl (C=O) groups excluding carboxylic acids is 1. The summed E-state index contributed by atoms with van der Waals surface area (Å²) in [6.07, 6.45) is 1.05. The van der Waals surface area contributed by atoms with Crippen LogP contribution in [0.2, 0.25) is 0 Å². The van der Waals surface area contributed by atoms with E-state index in [9.17, 15) is 23.6 Å². The minimum atomic E-state index is -3.46. The number of nitriles is 1. The number of phenolic OH excluding ortho intramolecular Hbond substituents is 1. The molecule has 0 fully saturated rings. The average molecular weight is 408 g/mol. The standard InChI is InChI=1S/C20H16N4O4S/c1-12(25)22-19-10-18(15-5-3-4-6-16(15)20(19)26)24-23-17-8-7-14(29(2,27)28)9-13(17)11-21/h3-10,26H,1-2H3,(H,22,25). The van der Waals surface area contributed by atoms with E-state index in [1.807, 2.05) is 6.07 Å². The third kappa shape index (κ3) is 4.23. The van der Waals surface area contributed by atoms with Crippen LogP contribution >= 0.6 is 0 Å². The van der Waals surface area contributed by atoms with Gasteiger partial charge in [-0.05, 0) is 24.3 Å². The van der Waals surface area contributed by atoms with E-state index in [0.717, 1.165) is 6.26 Å². The van der Waals surface area contributed by atoms with Crippen molar-refractivity contribution in [3.8, 4) is 11.8 Å². The molecule has 9 heteroatoms. The number of benzene rings is 3. The summed E-state index contributed by atoms with van der Waals surface area (Å²) in [5.74, 6) is -0.452. The monoisotopic (exact) mass is 408 g/mol. The predicted octanol–water partition coefficient (Wildman–Crippen LogP) is 4.19. The number of fused-ring (bicyclic) bond motifs is 1. The van der Waals surface area contributed by atoms with Crippen LogP contribution in [0.4, 0.5) is 17.1 Å². The van der Waals surface area contributed by atoms with E-state index in [1.165, 1.54) is 31.2 Å². The summed E-state index contributed by atoms with van der Waals surface area (Å²) in [6.45, 7) is 1.32. The molecule has 3 rings (SSSR count). The van der Waals surface area contributed by atoms with E-state index in [0.29, 0.717) is 16.5 Å². The average Bonchev–Trinajstić information content (AvgIpc) is 2.68. The lowest BCUT2D eigenvalue weighted by molar-refractivity contribution is -0.114. The van der Waals surface area contributed by atoms with Gasteiger partial charge in [0.05, 0.1) is 21.8 Å². The molecule has 1 amide bonds. The SMILES string of the molecule is CC(=O)Nc1cc(N=Nc2ccc(S(C)(=O)=O)cc2C#N)c2ccccc2c1O. The Morgan fingerprint density at radius 2 is 1.72 bits per heavy atom. The molecule has 0 heterocycles. The maximum absolute atomic E-state index is 11.7. The Hall–Kier alpha value is -3.77. The molecule has 0 radical (unpaired) electrons. The first-order valence-corrected chi connectivity index (χ1v) is 10.3. The number of hydrogen-bond acceptors (Lipinski definition) is 7. The van der Waals surface area contributed by atoms with Crippen molar-refractivity contribution in [2.24, 2.45) is 10.2 Å². The Kier molecular flexibility index (Phi) is 5.30. The van der Waals surface area contributed by atoms with Gasteiger partial charge in [0.15, 0.2) is 9.84 Å². The third-order valence-electron chi connectivity index (χ3n) is 4.09. The van der Waals surface area contributed by atoms with E-state index in [2.05, 4.69) is 15.5 Å². The molecule has 3 aromatic carbocycles.